The van der Waals surface area contributed by atoms with Crippen molar-refractivity contribution in [2.45, 2.75) is 50.0 Å². The van der Waals surface area contributed by atoms with Crippen LogP contribution in [-0.4, -0.2) is 38.8 Å². The first-order chi connectivity index (χ1) is 5.81. The second kappa shape index (κ2) is 3.77. The molecule has 2 rings (SSSR count). The summed E-state index contributed by atoms with van der Waals surface area (Å²) in [6.45, 7) is 2.41. The Bertz CT molecular complexity index is 164. The Kier molecular flexibility index (Phi) is 2.89. The zero-order valence-corrected chi connectivity index (χ0v) is 12.8. The maximum atomic E-state index is 5.59. The van der Waals surface area contributed by atoms with Crippen LogP contribution < -0.4 is 0 Å². The first kappa shape index (κ1) is 9.18. The van der Waals surface area contributed by atoms with Gasteiger partial charge in [0.1, 0.15) is 0 Å². The fourth-order valence-corrected chi connectivity index (χ4v) is 18.0. The minimum atomic E-state index is -0.0975. The summed E-state index contributed by atoms with van der Waals surface area (Å²) in [7, 11) is 1.94. The van der Waals surface area contributed by atoms with E-state index in [9.17, 15) is 0 Å². The third-order valence-corrected chi connectivity index (χ3v) is 21.8. The van der Waals surface area contributed by atoms with Crippen molar-refractivity contribution >= 4 is 26.6 Å². The van der Waals surface area contributed by atoms with E-state index in [1.807, 2.05) is 0 Å². The van der Waals surface area contributed by atoms with Gasteiger partial charge in [0.15, 0.2) is 0 Å². The van der Waals surface area contributed by atoms with E-state index in [-0.39, 0.29) is 7.83 Å². The van der Waals surface area contributed by atoms with E-state index in [0.717, 1.165) is 12.2 Å². The van der Waals surface area contributed by atoms with E-state index >= 15 is 0 Å². The lowest BCUT2D eigenvalue weighted by molar-refractivity contribution is 0.373. The first-order valence-corrected chi connectivity index (χ1v) is 15.0. The van der Waals surface area contributed by atoms with E-state index in [0.29, 0.717) is 9.04 Å². The summed E-state index contributed by atoms with van der Waals surface area (Å²) in [5, 5.41) is 0. The van der Waals surface area contributed by atoms with Crippen LogP contribution in [0.25, 0.3) is 0 Å². The molecule has 0 N–H and O–H groups in total. The molecule has 1 aliphatic carbocycles. The minimum absolute atomic E-state index is 0.0975. The van der Waals surface area contributed by atoms with Gasteiger partial charge in [0.25, 0.3) is 0 Å². The molecule has 0 spiro atoms. The molecule has 0 radical (unpaired) electrons. The Labute approximate surface area is 81.7 Å². The number of epoxide rings is 1. The maximum Gasteiger partial charge on any atom is 0.0841 e. The second-order valence-electron chi connectivity index (χ2n) is 4.55. The lowest BCUT2D eigenvalue weighted by atomic mass is 10.0. The SMILES string of the molecule is CC[SiH2][SiH]([SiH3])C1CCC2OC2C1. The number of hydrogen-bond acceptors (Lipinski definition) is 1. The highest BCUT2D eigenvalue weighted by molar-refractivity contribution is 7.35. The van der Waals surface area contributed by atoms with Gasteiger partial charge in [-0.1, -0.05) is 24.9 Å². The molecule has 4 unspecified atom stereocenters. The summed E-state index contributed by atoms with van der Waals surface area (Å²) >= 11 is 0. The molecule has 0 aromatic carbocycles. The predicted molar refractivity (Wildman–Crippen MR) is 62.4 cm³/mol. The quantitative estimate of drug-likeness (QED) is 0.458. The van der Waals surface area contributed by atoms with Gasteiger partial charge >= 0.3 is 0 Å². The average molecular weight is 217 g/mol. The largest absolute Gasteiger partial charge is 0.370 e. The molecule has 2 aliphatic rings. The normalized spacial score (nSPS) is 43.2. The molecular formula is C8H20OSi3. The fraction of sp³-hybridized carbons (Fsp3) is 1.00. The number of fused-ring (bicyclic) bond motifs is 1. The number of rotatable bonds is 3. The molecule has 1 saturated heterocycles. The molecule has 0 bridgehead atoms. The number of hydrogen-bond donors (Lipinski definition) is 0. The second-order valence-corrected chi connectivity index (χ2v) is 24.0. The van der Waals surface area contributed by atoms with Crippen molar-refractivity contribution in [1.29, 1.82) is 0 Å². The Balaban J connectivity index is 1.79. The first-order valence-electron chi connectivity index (χ1n) is 5.46. The highest BCUT2D eigenvalue weighted by atomic mass is 29.5. The van der Waals surface area contributed by atoms with Crippen LogP contribution in [-0.2, 0) is 4.74 Å². The molecule has 2 fully saturated rings. The highest BCUT2D eigenvalue weighted by Gasteiger charge is 2.44. The monoisotopic (exact) mass is 216 g/mol. The van der Waals surface area contributed by atoms with Gasteiger partial charge < -0.3 is 4.74 Å². The van der Waals surface area contributed by atoms with Crippen LogP contribution in [0.3, 0.4) is 0 Å². The summed E-state index contributed by atoms with van der Waals surface area (Å²) in [6.07, 6.45) is 5.93. The highest BCUT2D eigenvalue weighted by Crippen LogP contribution is 2.42. The van der Waals surface area contributed by atoms with Gasteiger partial charge in [-0.15, -0.1) is 0 Å². The van der Waals surface area contributed by atoms with Crippen LogP contribution in [0.15, 0.2) is 0 Å². The standard InChI is InChI=1S/C8H20OSi3/c1-2-11-12(10)6-3-4-7-8(5-6)9-7/h6-8,12H,2-5,11H2,1,10H3. The van der Waals surface area contributed by atoms with Crippen LogP contribution in [0.2, 0.25) is 11.6 Å². The molecule has 1 heterocycles. The van der Waals surface area contributed by atoms with Crippen LogP contribution >= 0.6 is 0 Å². The van der Waals surface area contributed by atoms with Crippen molar-refractivity contribution in [1.82, 2.24) is 0 Å². The Morgan fingerprint density at radius 2 is 2.33 bits per heavy atom. The lowest BCUT2D eigenvalue weighted by Gasteiger charge is -2.23. The molecule has 4 atom stereocenters. The summed E-state index contributed by atoms with van der Waals surface area (Å²) in [4.78, 5) is 0. The molecule has 0 amide bonds. The van der Waals surface area contributed by atoms with E-state index in [1.54, 1.807) is 22.2 Å². The number of ether oxygens (including phenoxy) is 1. The van der Waals surface area contributed by atoms with Crippen LogP contribution in [0.1, 0.15) is 26.2 Å². The Morgan fingerprint density at radius 1 is 1.50 bits per heavy atom. The third kappa shape index (κ3) is 1.92. The molecule has 1 nitrogen and oxygen atoms in total. The maximum absolute atomic E-state index is 5.59. The zero-order valence-electron chi connectivity index (χ0n) is 8.25. The van der Waals surface area contributed by atoms with Crippen LogP contribution in [0.5, 0.6) is 0 Å². The van der Waals surface area contributed by atoms with Crippen molar-refractivity contribution in [3.05, 3.63) is 0 Å². The van der Waals surface area contributed by atoms with Crippen molar-refractivity contribution in [2.24, 2.45) is 0 Å². The molecule has 0 aromatic rings. The lowest BCUT2D eigenvalue weighted by Crippen LogP contribution is -2.32. The van der Waals surface area contributed by atoms with Crippen molar-refractivity contribution < 1.29 is 4.74 Å². The minimum Gasteiger partial charge on any atom is -0.370 e. The van der Waals surface area contributed by atoms with E-state index < -0.39 is 0 Å². The summed E-state index contributed by atoms with van der Waals surface area (Å²) in [6, 6.07) is 1.58. The molecule has 70 valence electrons. The van der Waals surface area contributed by atoms with Gasteiger partial charge in [0.2, 0.25) is 0 Å². The molecule has 1 saturated carbocycles. The molecule has 1 aliphatic heterocycles. The molecule has 0 aromatic heterocycles. The van der Waals surface area contributed by atoms with Gasteiger partial charge in [0, 0.05) is 16.9 Å². The summed E-state index contributed by atoms with van der Waals surface area (Å²) < 4.78 is 5.59. The van der Waals surface area contributed by atoms with E-state index in [1.165, 1.54) is 18.4 Å². The van der Waals surface area contributed by atoms with Gasteiger partial charge in [-0.3, -0.25) is 0 Å². The van der Waals surface area contributed by atoms with Crippen LogP contribution in [0, 0.1) is 0 Å². The Hall–Kier alpha value is 0.611. The third-order valence-electron chi connectivity index (χ3n) is 3.59. The topological polar surface area (TPSA) is 12.5 Å². The van der Waals surface area contributed by atoms with Gasteiger partial charge in [0.05, 0.1) is 12.2 Å². The summed E-state index contributed by atoms with van der Waals surface area (Å²) in [5.41, 5.74) is 1.23. The fourth-order valence-electron chi connectivity index (χ4n) is 2.64. The smallest absolute Gasteiger partial charge is 0.0841 e. The Morgan fingerprint density at radius 3 is 3.00 bits per heavy atom. The van der Waals surface area contributed by atoms with Gasteiger partial charge in [-0.05, 0) is 22.6 Å². The molecule has 12 heavy (non-hydrogen) atoms. The molecular weight excluding hydrogens is 196 g/mol. The van der Waals surface area contributed by atoms with E-state index in [4.69, 9.17) is 4.74 Å². The van der Waals surface area contributed by atoms with E-state index in [2.05, 4.69) is 6.92 Å². The van der Waals surface area contributed by atoms with Crippen molar-refractivity contribution in [2.75, 3.05) is 0 Å². The van der Waals surface area contributed by atoms with Gasteiger partial charge in [-0.2, -0.15) is 0 Å². The molecule has 4 heteroatoms. The predicted octanol–water partition coefficient (Wildman–Crippen LogP) is -0.499. The zero-order chi connectivity index (χ0) is 8.55. The van der Waals surface area contributed by atoms with Crippen molar-refractivity contribution in [3.63, 3.8) is 0 Å². The van der Waals surface area contributed by atoms with Crippen LogP contribution in [0.4, 0.5) is 0 Å². The average Bonchev–Trinajstić information content (AvgIpc) is 2.81. The van der Waals surface area contributed by atoms with Crippen molar-refractivity contribution in [3.8, 4) is 0 Å². The van der Waals surface area contributed by atoms with Gasteiger partial charge in [-0.25, -0.2) is 0 Å². The summed E-state index contributed by atoms with van der Waals surface area (Å²) in [5.74, 6) is 0.